The lowest BCUT2D eigenvalue weighted by Gasteiger charge is -2.23. The maximum atomic E-state index is 13.4. The summed E-state index contributed by atoms with van der Waals surface area (Å²) in [6, 6.07) is 6.36. The first-order valence-corrected chi connectivity index (χ1v) is 7.33. The van der Waals surface area contributed by atoms with Gasteiger partial charge in [0.15, 0.2) is 5.82 Å². The molecule has 6 heteroatoms. The highest BCUT2D eigenvalue weighted by molar-refractivity contribution is 6.33. The highest BCUT2D eigenvalue weighted by Crippen LogP contribution is 2.30. The van der Waals surface area contributed by atoms with Crippen molar-refractivity contribution in [1.82, 2.24) is 9.97 Å². The van der Waals surface area contributed by atoms with E-state index in [0.717, 1.165) is 13.0 Å². The largest absolute Gasteiger partial charge is 0.354 e. The van der Waals surface area contributed by atoms with Crippen molar-refractivity contribution in [2.24, 2.45) is 0 Å². The molecule has 4 nitrogen and oxygen atoms in total. The van der Waals surface area contributed by atoms with Gasteiger partial charge in [-0.05, 0) is 31.5 Å². The normalized spacial score (nSPS) is 10.5. The molecule has 112 valence electrons. The third-order valence-corrected chi connectivity index (χ3v) is 3.22. The van der Waals surface area contributed by atoms with Gasteiger partial charge in [-0.1, -0.05) is 24.6 Å². The van der Waals surface area contributed by atoms with Gasteiger partial charge in [0.25, 0.3) is 0 Å². The molecular formula is C15H18ClFN4. The van der Waals surface area contributed by atoms with Crippen molar-refractivity contribution in [2.75, 3.05) is 23.3 Å². The van der Waals surface area contributed by atoms with E-state index in [1.165, 1.54) is 12.1 Å². The second-order valence-corrected chi connectivity index (χ2v) is 4.92. The molecule has 2 rings (SSSR count). The average molecular weight is 309 g/mol. The van der Waals surface area contributed by atoms with Gasteiger partial charge in [-0.25, -0.2) is 9.37 Å². The van der Waals surface area contributed by atoms with E-state index in [1.807, 2.05) is 17.9 Å². The monoisotopic (exact) mass is 308 g/mol. The molecule has 0 saturated carbocycles. The highest BCUT2D eigenvalue weighted by atomic mass is 35.5. The topological polar surface area (TPSA) is 41.1 Å². The van der Waals surface area contributed by atoms with E-state index in [2.05, 4.69) is 22.2 Å². The zero-order valence-corrected chi connectivity index (χ0v) is 12.9. The van der Waals surface area contributed by atoms with E-state index in [0.29, 0.717) is 29.0 Å². The van der Waals surface area contributed by atoms with Crippen molar-refractivity contribution in [3.63, 3.8) is 0 Å². The molecule has 2 aromatic rings. The predicted octanol–water partition coefficient (Wildman–Crippen LogP) is 4.25. The summed E-state index contributed by atoms with van der Waals surface area (Å²) in [6.07, 6.45) is 2.53. The number of nitrogens with zero attached hydrogens (tertiary/aromatic N) is 3. The number of aromatic nitrogens is 2. The first-order valence-electron chi connectivity index (χ1n) is 6.95. The van der Waals surface area contributed by atoms with Crippen LogP contribution in [0.25, 0.3) is 0 Å². The van der Waals surface area contributed by atoms with Gasteiger partial charge in [0, 0.05) is 18.8 Å². The maximum Gasteiger partial charge on any atom is 0.224 e. The molecule has 0 saturated heterocycles. The van der Waals surface area contributed by atoms with Crippen LogP contribution < -0.4 is 10.2 Å². The second-order valence-electron chi connectivity index (χ2n) is 4.52. The van der Waals surface area contributed by atoms with Gasteiger partial charge < -0.3 is 10.2 Å². The van der Waals surface area contributed by atoms with Gasteiger partial charge in [-0.15, -0.1) is 0 Å². The first-order chi connectivity index (χ1) is 10.2. The summed E-state index contributed by atoms with van der Waals surface area (Å²) in [7, 11) is 0. The van der Waals surface area contributed by atoms with E-state index in [-0.39, 0.29) is 5.82 Å². The van der Waals surface area contributed by atoms with Crippen LogP contribution in [-0.4, -0.2) is 23.1 Å². The Morgan fingerprint density at radius 3 is 2.81 bits per heavy atom. The zero-order valence-electron chi connectivity index (χ0n) is 12.1. The molecule has 0 aliphatic rings. The lowest BCUT2D eigenvalue weighted by atomic mass is 10.2. The van der Waals surface area contributed by atoms with Crippen molar-refractivity contribution >= 4 is 29.1 Å². The molecule has 0 spiro atoms. The predicted molar refractivity (Wildman–Crippen MR) is 84.9 cm³/mol. The van der Waals surface area contributed by atoms with Crippen LogP contribution in [0, 0.1) is 5.82 Å². The lowest BCUT2D eigenvalue weighted by Crippen LogP contribution is -2.19. The van der Waals surface area contributed by atoms with Crippen molar-refractivity contribution < 1.29 is 4.39 Å². The molecule has 1 aromatic heterocycles. The summed E-state index contributed by atoms with van der Waals surface area (Å²) < 4.78 is 13.4. The second kappa shape index (κ2) is 7.22. The van der Waals surface area contributed by atoms with E-state index in [1.54, 1.807) is 12.3 Å². The smallest absolute Gasteiger partial charge is 0.224 e. The number of anilines is 3. The van der Waals surface area contributed by atoms with Gasteiger partial charge in [0.1, 0.15) is 10.8 Å². The van der Waals surface area contributed by atoms with Crippen LogP contribution in [-0.2, 0) is 0 Å². The van der Waals surface area contributed by atoms with Crippen LogP contribution in [0.1, 0.15) is 20.3 Å². The van der Waals surface area contributed by atoms with Crippen LogP contribution in [0.2, 0.25) is 5.02 Å². The van der Waals surface area contributed by atoms with E-state index >= 15 is 0 Å². The molecule has 0 aliphatic heterocycles. The third kappa shape index (κ3) is 3.82. The van der Waals surface area contributed by atoms with Crippen molar-refractivity contribution in [3.8, 4) is 0 Å². The number of hydrogen-bond acceptors (Lipinski definition) is 4. The van der Waals surface area contributed by atoms with E-state index in [4.69, 9.17) is 11.6 Å². The van der Waals surface area contributed by atoms with Gasteiger partial charge in [-0.2, -0.15) is 4.98 Å². The summed E-state index contributed by atoms with van der Waals surface area (Å²) >= 11 is 6.21. The number of hydrogen-bond donors (Lipinski definition) is 1. The fourth-order valence-electron chi connectivity index (χ4n) is 1.97. The summed E-state index contributed by atoms with van der Waals surface area (Å²) in [4.78, 5) is 10.4. The summed E-state index contributed by atoms with van der Waals surface area (Å²) in [6.45, 7) is 5.43. The minimum absolute atomic E-state index is 0.291. The molecule has 0 atom stereocenters. The average Bonchev–Trinajstić information content (AvgIpc) is 2.48. The Morgan fingerprint density at radius 2 is 2.14 bits per heavy atom. The Morgan fingerprint density at radius 1 is 1.33 bits per heavy atom. The first kappa shape index (κ1) is 15.5. The van der Waals surface area contributed by atoms with Crippen LogP contribution in [0.4, 0.5) is 21.8 Å². The van der Waals surface area contributed by atoms with Gasteiger partial charge in [0.2, 0.25) is 5.95 Å². The number of rotatable bonds is 6. The van der Waals surface area contributed by atoms with Gasteiger partial charge >= 0.3 is 0 Å². The molecule has 1 aromatic carbocycles. The molecule has 0 bridgehead atoms. The quantitative estimate of drug-likeness (QED) is 0.866. The Balaban J connectivity index is 2.37. The van der Waals surface area contributed by atoms with Crippen LogP contribution in [0.5, 0.6) is 0 Å². The third-order valence-electron chi connectivity index (χ3n) is 2.95. The minimum atomic E-state index is -0.291. The highest BCUT2D eigenvalue weighted by Gasteiger charge is 2.14. The van der Waals surface area contributed by atoms with Crippen molar-refractivity contribution in [2.45, 2.75) is 20.3 Å². The standard InChI is InChI=1S/C15H18ClFN4/c1-3-8-18-15-19-10-13(16)14(20-15)21(4-2)12-7-5-6-11(17)9-12/h5-7,9-10H,3-4,8H2,1-2H3,(H,18,19,20). The molecule has 21 heavy (non-hydrogen) atoms. The number of nitrogens with one attached hydrogen (secondary N) is 1. The molecular weight excluding hydrogens is 291 g/mol. The number of benzene rings is 1. The summed E-state index contributed by atoms with van der Waals surface area (Å²) in [5, 5.41) is 3.56. The SMILES string of the molecule is CCCNc1ncc(Cl)c(N(CC)c2cccc(F)c2)n1. The lowest BCUT2D eigenvalue weighted by molar-refractivity contribution is 0.627. The Bertz CT molecular complexity index is 606. The Hall–Kier alpha value is -1.88. The molecule has 0 amide bonds. The van der Waals surface area contributed by atoms with Crippen molar-refractivity contribution in [1.29, 1.82) is 0 Å². The van der Waals surface area contributed by atoms with Gasteiger partial charge in [-0.3, -0.25) is 0 Å². The van der Waals surface area contributed by atoms with E-state index < -0.39 is 0 Å². The zero-order chi connectivity index (χ0) is 15.2. The van der Waals surface area contributed by atoms with Crippen molar-refractivity contribution in [3.05, 3.63) is 41.3 Å². The van der Waals surface area contributed by atoms with Crippen LogP contribution in [0.3, 0.4) is 0 Å². The number of halogens is 2. The molecule has 1 N–H and O–H groups in total. The Kier molecular flexibility index (Phi) is 5.33. The van der Waals surface area contributed by atoms with Crippen LogP contribution >= 0.6 is 11.6 Å². The van der Waals surface area contributed by atoms with Gasteiger partial charge in [0.05, 0.1) is 6.20 Å². The molecule has 1 heterocycles. The fraction of sp³-hybridized carbons (Fsp3) is 0.333. The summed E-state index contributed by atoms with van der Waals surface area (Å²) in [5.41, 5.74) is 0.708. The van der Waals surface area contributed by atoms with E-state index in [9.17, 15) is 4.39 Å². The molecule has 0 radical (unpaired) electrons. The maximum absolute atomic E-state index is 13.4. The van der Waals surface area contributed by atoms with Crippen LogP contribution in [0.15, 0.2) is 30.5 Å². The summed E-state index contributed by atoms with van der Waals surface area (Å²) in [5.74, 6) is 0.796. The fourth-order valence-corrected chi connectivity index (χ4v) is 2.16. The molecule has 0 fully saturated rings. The minimum Gasteiger partial charge on any atom is -0.354 e. The Labute approximate surface area is 129 Å². The molecule has 0 unspecified atom stereocenters. The molecule has 0 aliphatic carbocycles.